The SMILES string of the molecule is C=C/C(=C\C(=C/C)OC(C)C/C=C\CC)CN. The Bertz CT molecular complexity index is 300. The van der Waals surface area contributed by atoms with Crippen LogP contribution in [0.15, 0.2) is 48.3 Å². The molecule has 17 heavy (non-hydrogen) atoms. The highest BCUT2D eigenvalue weighted by molar-refractivity contribution is 5.26. The highest BCUT2D eigenvalue weighted by Crippen LogP contribution is 2.10. The van der Waals surface area contributed by atoms with Gasteiger partial charge in [-0.05, 0) is 38.0 Å². The Labute approximate surface area is 106 Å². The number of allylic oxidation sites excluding steroid dienone is 3. The topological polar surface area (TPSA) is 35.2 Å². The van der Waals surface area contributed by atoms with E-state index in [1.165, 1.54) is 0 Å². The van der Waals surface area contributed by atoms with Crippen molar-refractivity contribution in [1.29, 1.82) is 0 Å². The van der Waals surface area contributed by atoms with E-state index in [0.717, 1.165) is 24.2 Å². The van der Waals surface area contributed by atoms with E-state index in [4.69, 9.17) is 10.5 Å². The van der Waals surface area contributed by atoms with Crippen LogP contribution in [-0.4, -0.2) is 12.6 Å². The van der Waals surface area contributed by atoms with Crippen LogP contribution < -0.4 is 5.73 Å². The van der Waals surface area contributed by atoms with Gasteiger partial charge in [-0.1, -0.05) is 31.7 Å². The van der Waals surface area contributed by atoms with Crippen LogP contribution in [0, 0.1) is 0 Å². The van der Waals surface area contributed by atoms with Crippen LogP contribution in [0.1, 0.15) is 33.6 Å². The first kappa shape index (κ1) is 15.7. The molecule has 0 saturated carbocycles. The first-order valence-corrected chi connectivity index (χ1v) is 6.18. The maximum atomic E-state index is 5.81. The molecule has 0 aromatic rings. The smallest absolute Gasteiger partial charge is 0.115 e. The summed E-state index contributed by atoms with van der Waals surface area (Å²) >= 11 is 0. The molecule has 0 fully saturated rings. The lowest BCUT2D eigenvalue weighted by Crippen LogP contribution is -2.07. The van der Waals surface area contributed by atoms with Crippen molar-refractivity contribution in [3.8, 4) is 0 Å². The molecule has 0 saturated heterocycles. The van der Waals surface area contributed by atoms with Crippen LogP contribution in [0.25, 0.3) is 0 Å². The van der Waals surface area contributed by atoms with Crippen molar-refractivity contribution in [3.05, 3.63) is 48.3 Å². The maximum Gasteiger partial charge on any atom is 0.115 e. The zero-order valence-electron chi connectivity index (χ0n) is 11.3. The molecule has 2 heteroatoms. The molecule has 0 heterocycles. The Morgan fingerprint density at radius 3 is 2.59 bits per heavy atom. The molecular formula is C15H25NO. The quantitative estimate of drug-likeness (QED) is 0.395. The molecule has 96 valence electrons. The lowest BCUT2D eigenvalue weighted by Gasteiger charge is -2.14. The summed E-state index contributed by atoms with van der Waals surface area (Å²) in [5, 5.41) is 0. The molecule has 0 radical (unpaired) electrons. The second-order valence-electron chi connectivity index (χ2n) is 3.86. The minimum absolute atomic E-state index is 0.170. The third-order valence-electron chi connectivity index (χ3n) is 2.32. The minimum atomic E-state index is 0.170. The standard InChI is InChI=1S/C15H25NO/c1-5-8-9-10-13(4)17-15(7-3)11-14(6-2)12-16/h6-9,11,13H,2,5,10,12,16H2,1,3-4H3/b9-8-,14-11+,15-7+. The van der Waals surface area contributed by atoms with E-state index in [9.17, 15) is 0 Å². The fourth-order valence-corrected chi connectivity index (χ4v) is 1.30. The number of nitrogens with two attached hydrogens (primary N) is 1. The van der Waals surface area contributed by atoms with Gasteiger partial charge in [-0.2, -0.15) is 0 Å². The van der Waals surface area contributed by atoms with Gasteiger partial charge in [-0.25, -0.2) is 0 Å². The molecular weight excluding hydrogens is 210 g/mol. The lowest BCUT2D eigenvalue weighted by molar-refractivity contribution is 0.143. The van der Waals surface area contributed by atoms with Crippen molar-refractivity contribution in [2.75, 3.05) is 6.54 Å². The monoisotopic (exact) mass is 235 g/mol. The van der Waals surface area contributed by atoms with Crippen LogP contribution >= 0.6 is 0 Å². The molecule has 0 rings (SSSR count). The summed E-state index contributed by atoms with van der Waals surface area (Å²) in [6.45, 7) is 10.3. The second-order valence-corrected chi connectivity index (χ2v) is 3.86. The predicted molar refractivity (Wildman–Crippen MR) is 75.7 cm³/mol. The van der Waals surface area contributed by atoms with Gasteiger partial charge in [0.05, 0.1) is 6.10 Å². The number of hydrogen-bond acceptors (Lipinski definition) is 2. The van der Waals surface area contributed by atoms with E-state index in [-0.39, 0.29) is 6.10 Å². The fourth-order valence-electron chi connectivity index (χ4n) is 1.30. The first-order chi connectivity index (χ1) is 8.17. The van der Waals surface area contributed by atoms with E-state index in [1.807, 2.05) is 19.1 Å². The predicted octanol–water partition coefficient (Wildman–Crippen LogP) is 3.72. The zero-order valence-corrected chi connectivity index (χ0v) is 11.3. The summed E-state index contributed by atoms with van der Waals surface area (Å²) in [6.07, 6.45) is 12.1. The van der Waals surface area contributed by atoms with E-state index in [1.54, 1.807) is 6.08 Å². The van der Waals surface area contributed by atoms with Crippen LogP contribution in [-0.2, 0) is 4.74 Å². The van der Waals surface area contributed by atoms with Crippen molar-refractivity contribution < 1.29 is 4.74 Å². The van der Waals surface area contributed by atoms with E-state index >= 15 is 0 Å². The molecule has 0 aromatic heterocycles. The average Bonchev–Trinajstić information content (AvgIpc) is 2.34. The Morgan fingerprint density at radius 2 is 2.12 bits per heavy atom. The van der Waals surface area contributed by atoms with Gasteiger partial charge in [0, 0.05) is 13.0 Å². The van der Waals surface area contributed by atoms with Gasteiger partial charge in [0.25, 0.3) is 0 Å². The van der Waals surface area contributed by atoms with Gasteiger partial charge >= 0.3 is 0 Å². The third kappa shape index (κ3) is 7.58. The summed E-state index contributed by atoms with van der Waals surface area (Å²) in [5.74, 6) is 0.850. The van der Waals surface area contributed by atoms with Gasteiger partial charge in [-0.15, -0.1) is 0 Å². The van der Waals surface area contributed by atoms with E-state index in [0.29, 0.717) is 6.54 Å². The van der Waals surface area contributed by atoms with Gasteiger partial charge in [0.1, 0.15) is 5.76 Å². The Morgan fingerprint density at radius 1 is 1.41 bits per heavy atom. The van der Waals surface area contributed by atoms with Gasteiger partial charge < -0.3 is 10.5 Å². The Kier molecular flexibility index (Phi) is 9.17. The molecule has 0 aliphatic heterocycles. The lowest BCUT2D eigenvalue weighted by atomic mass is 10.2. The summed E-state index contributed by atoms with van der Waals surface area (Å²) < 4.78 is 5.81. The molecule has 1 unspecified atom stereocenters. The Hall–Kier alpha value is -1.28. The fraction of sp³-hybridized carbons (Fsp3) is 0.467. The molecule has 1 atom stereocenters. The molecule has 0 aliphatic rings. The third-order valence-corrected chi connectivity index (χ3v) is 2.32. The molecule has 2 nitrogen and oxygen atoms in total. The molecule has 0 aromatic carbocycles. The summed E-state index contributed by atoms with van der Waals surface area (Å²) in [6, 6.07) is 0. The number of hydrogen-bond donors (Lipinski definition) is 1. The number of rotatable bonds is 8. The maximum absolute atomic E-state index is 5.81. The van der Waals surface area contributed by atoms with Gasteiger partial charge in [0.15, 0.2) is 0 Å². The van der Waals surface area contributed by atoms with Crippen molar-refractivity contribution in [3.63, 3.8) is 0 Å². The molecule has 0 amide bonds. The summed E-state index contributed by atoms with van der Waals surface area (Å²) in [4.78, 5) is 0. The van der Waals surface area contributed by atoms with Crippen molar-refractivity contribution in [1.82, 2.24) is 0 Å². The van der Waals surface area contributed by atoms with Crippen molar-refractivity contribution in [2.45, 2.75) is 39.7 Å². The highest BCUT2D eigenvalue weighted by Gasteiger charge is 2.02. The highest BCUT2D eigenvalue weighted by atomic mass is 16.5. The molecule has 0 bridgehead atoms. The average molecular weight is 235 g/mol. The van der Waals surface area contributed by atoms with Crippen LogP contribution in [0.5, 0.6) is 0 Å². The van der Waals surface area contributed by atoms with Gasteiger partial charge in [0.2, 0.25) is 0 Å². The Balaban J connectivity index is 4.36. The largest absolute Gasteiger partial charge is 0.491 e. The van der Waals surface area contributed by atoms with Crippen LogP contribution in [0.2, 0.25) is 0 Å². The molecule has 2 N–H and O–H groups in total. The summed E-state index contributed by atoms with van der Waals surface area (Å²) in [7, 11) is 0. The summed E-state index contributed by atoms with van der Waals surface area (Å²) in [5.41, 5.74) is 6.56. The minimum Gasteiger partial charge on any atom is -0.491 e. The van der Waals surface area contributed by atoms with E-state index < -0.39 is 0 Å². The van der Waals surface area contributed by atoms with Gasteiger partial charge in [-0.3, -0.25) is 0 Å². The van der Waals surface area contributed by atoms with Crippen molar-refractivity contribution in [2.24, 2.45) is 5.73 Å². The number of ether oxygens (including phenoxy) is 1. The van der Waals surface area contributed by atoms with Crippen molar-refractivity contribution >= 4 is 0 Å². The van der Waals surface area contributed by atoms with E-state index in [2.05, 4.69) is 32.6 Å². The zero-order chi connectivity index (χ0) is 13.1. The van der Waals surface area contributed by atoms with Crippen LogP contribution in [0.4, 0.5) is 0 Å². The van der Waals surface area contributed by atoms with Crippen LogP contribution in [0.3, 0.4) is 0 Å². The first-order valence-electron chi connectivity index (χ1n) is 6.18. The molecule has 0 spiro atoms. The normalized spacial score (nSPS) is 15.1. The second kappa shape index (κ2) is 9.91. The molecule has 0 aliphatic carbocycles.